The van der Waals surface area contributed by atoms with E-state index < -0.39 is 0 Å². The number of carbonyl (C=O) groups excluding carboxylic acids is 1. The van der Waals surface area contributed by atoms with Crippen molar-refractivity contribution in [3.63, 3.8) is 0 Å². The van der Waals surface area contributed by atoms with Crippen molar-refractivity contribution in [3.05, 3.63) is 77.6 Å². The summed E-state index contributed by atoms with van der Waals surface area (Å²) in [6, 6.07) is 11.7. The van der Waals surface area contributed by atoms with Gasteiger partial charge in [-0.3, -0.25) is 9.78 Å². The highest BCUT2D eigenvalue weighted by Crippen LogP contribution is 2.37. The summed E-state index contributed by atoms with van der Waals surface area (Å²) >= 11 is 0. The predicted octanol–water partition coefficient (Wildman–Crippen LogP) is 4.57. The first-order valence-corrected chi connectivity index (χ1v) is 11.3. The minimum atomic E-state index is -0.0192. The average molecular weight is 454 g/mol. The highest BCUT2D eigenvalue weighted by atomic mass is 16.5. The van der Waals surface area contributed by atoms with Gasteiger partial charge in [0.2, 0.25) is 5.91 Å². The van der Waals surface area contributed by atoms with Crippen LogP contribution in [-0.4, -0.2) is 32.4 Å². The van der Waals surface area contributed by atoms with Crippen molar-refractivity contribution in [1.82, 2.24) is 19.9 Å². The fourth-order valence-electron chi connectivity index (χ4n) is 4.49. The maximum Gasteiger partial charge on any atom is 0.225 e. The first-order chi connectivity index (χ1) is 16.6. The van der Waals surface area contributed by atoms with Gasteiger partial charge in [0.1, 0.15) is 28.9 Å². The molecular formula is C26H23N5O3. The van der Waals surface area contributed by atoms with Gasteiger partial charge in [-0.15, -0.1) is 0 Å². The average Bonchev–Trinajstić information content (AvgIpc) is 3.34. The molecule has 8 heteroatoms. The third-order valence-electron chi connectivity index (χ3n) is 6.22. The highest BCUT2D eigenvalue weighted by molar-refractivity contribution is 5.93. The number of anilines is 1. The van der Waals surface area contributed by atoms with Gasteiger partial charge in [0.15, 0.2) is 0 Å². The third kappa shape index (κ3) is 3.87. The smallest absolute Gasteiger partial charge is 0.225 e. The Morgan fingerprint density at radius 1 is 1.09 bits per heavy atom. The van der Waals surface area contributed by atoms with Crippen molar-refractivity contribution in [1.29, 1.82) is 0 Å². The minimum absolute atomic E-state index is 0.0192. The van der Waals surface area contributed by atoms with E-state index in [0.717, 1.165) is 51.8 Å². The molecule has 0 fully saturated rings. The zero-order chi connectivity index (χ0) is 23.1. The predicted molar refractivity (Wildman–Crippen MR) is 126 cm³/mol. The summed E-state index contributed by atoms with van der Waals surface area (Å²) in [4.78, 5) is 28.4. The summed E-state index contributed by atoms with van der Waals surface area (Å²) in [5.41, 5.74) is 4.89. The molecule has 1 amide bonds. The molecule has 3 aromatic heterocycles. The van der Waals surface area contributed by atoms with Gasteiger partial charge in [0.05, 0.1) is 18.2 Å². The maximum atomic E-state index is 11.7. The lowest BCUT2D eigenvalue weighted by atomic mass is 9.96. The number of amides is 1. The number of benzene rings is 1. The first kappa shape index (κ1) is 20.4. The molecule has 2 aliphatic rings. The Balaban J connectivity index is 1.22. The number of aromatic amines is 1. The minimum Gasteiger partial charge on any atom is -0.493 e. The van der Waals surface area contributed by atoms with E-state index in [1.54, 1.807) is 12.4 Å². The number of ether oxygens (including phenoxy) is 2. The summed E-state index contributed by atoms with van der Waals surface area (Å²) in [5.74, 6) is 3.87. The van der Waals surface area contributed by atoms with Gasteiger partial charge < -0.3 is 19.8 Å². The van der Waals surface area contributed by atoms with E-state index in [1.807, 2.05) is 49.5 Å². The highest BCUT2D eigenvalue weighted by Gasteiger charge is 2.25. The van der Waals surface area contributed by atoms with E-state index >= 15 is 0 Å². The van der Waals surface area contributed by atoms with E-state index in [2.05, 4.69) is 20.3 Å². The molecule has 34 heavy (non-hydrogen) atoms. The van der Waals surface area contributed by atoms with Gasteiger partial charge in [-0.25, -0.2) is 9.97 Å². The molecule has 0 saturated carbocycles. The fourth-order valence-corrected chi connectivity index (χ4v) is 4.49. The molecule has 0 unspecified atom stereocenters. The molecule has 0 bridgehead atoms. The summed E-state index contributed by atoms with van der Waals surface area (Å²) < 4.78 is 12.3. The largest absolute Gasteiger partial charge is 0.493 e. The number of carbonyl (C=O) groups is 1. The van der Waals surface area contributed by atoms with Crippen LogP contribution in [0.4, 0.5) is 5.82 Å². The molecule has 6 rings (SSSR count). The van der Waals surface area contributed by atoms with Crippen LogP contribution in [0.1, 0.15) is 35.0 Å². The van der Waals surface area contributed by atoms with Crippen molar-refractivity contribution in [3.8, 4) is 28.5 Å². The lowest BCUT2D eigenvalue weighted by molar-refractivity contribution is -0.116. The fraction of sp³-hybridized carbons (Fsp3) is 0.231. The summed E-state index contributed by atoms with van der Waals surface area (Å²) in [7, 11) is 0. The third-order valence-corrected chi connectivity index (χ3v) is 6.22. The number of nitrogens with one attached hydrogen (secondary N) is 2. The number of imidazole rings is 1. The molecule has 4 aromatic rings. The van der Waals surface area contributed by atoms with Crippen molar-refractivity contribution in [2.75, 3.05) is 11.9 Å². The lowest BCUT2D eigenvalue weighted by Crippen LogP contribution is -2.20. The number of rotatable bonds is 4. The summed E-state index contributed by atoms with van der Waals surface area (Å²) in [6.07, 6.45) is 7.21. The topological polar surface area (TPSA) is 102 Å². The molecule has 1 aromatic carbocycles. The normalized spacial score (nSPS) is 16.7. The number of aryl methyl sites for hydroxylation is 1. The Labute approximate surface area is 196 Å². The number of hydrogen-bond donors (Lipinski definition) is 2. The molecular weight excluding hydrogens is 430 g/mol. The summed E-state index contributed by atoms with van der Waals surface area (Å²) in [6.45, 7) is 2.54. The Morgan fingerprint density at radius 3 is 2.91 bits per heavy atom. The molecule has 8 nitrogen and oxygen atoms in total. The number of H-pyrrole nitrogens is 1. The van der Waals surface area contributed by atoms with Crippen LogP contribution in [0, 0.1) is 6.92 Å². The van der Waals surface area contributed by atoms with Crippen molar-refractivity contribution in [2.45, 2.75) is 32.1 Å². The number of aromatic nitrogens is 4. The van der Waals surface area contributed by atoms with Crippen LogP contribution in [0.2, 0.25) is 0 Å². The van der Waals surface area contributed by atoms with Crippen LogP contribution in [0.15, 0.2) is 55.0 Å². The molecule has 0 radical (unpaired) electrons. The van der Waals surface area contributed by atoms with E-state index in [4.69, 9.17) is 14.5 Å². The number of pyridine rings is 2. The number of fused-ring (bicyclic) bond motifs is 2. The maximum absolute atomic E-state index is 11.7. The first-order valence-electron chi connectivity index (χ1n) is 11.3. The molecule has 2 aliphatic heterocycles. The van der Waals surface area contributed by atoms with E-state index in [1.165, 1.54) is 0 Å². The Bertz CT molecular complexity index is 1400. The van der Waals surface area contributed by atoms with E-state index in [9.17, 15) is 4.79 Å². The van der Waals surface area contributed by atoms with Crippen LogP contribution < -0.4 is 14.8 Å². The molecule has 0 saturated heterocycles. The van der Waals surface area contributed by atoms with Crippen molar-refractivity contribution >= 4 is 11.7 Å². The second kappa shape index (κ2) is 8.30. The van der Waals surface area contributed by atoms with Gasteiger partial charge >= 0.3 is 0 Å². The monoisotopic (exact) mass is 453 g/mol. The number of hydrogen-bond acceptors (Lipinski definition) is 6. The number of nitrogens with zero attached hydrogens (tertiary/aromatic N) is 3. The quantitative estimate of drug-likeness (QED) is 0.469. The van der Waals surface area contributed by atoms with Crippen LogP contribution in [0.3, 0.4) is 0 Å². The molecule has 5 heterocycles. The zero-order valence-corrected chi connectivity index (χ0v) is 18.7. The van der Waals surface area contributed by atoms with Gasteiger partial charge in [-0.05, 0) is 61.7 Å². The van der Waals surface area contributed by atoms with Crippen LogP contribution >= 0.6 is 0 Å². The van der Waals surface area contributed by atoms with E-state index in [-0.39, 0.29) is 11.8 Å². The standard InChI is InChI=1S/C26H23N5O3/c1-15-10-16(6-8-27-15)21-13-29-25(30-21)18-11-17-12-19(2-4-22(17)33-14-18)34-23-7-9-28-26-20(23)3-5-24(32)31-26/h2,4,6-10,12-13,18H,3,5,11,14H2,1H3,(H,29,30)(H,28,31,32)/t18-/m1/s1. The Kier molecular flexibility index (Phi) is 4.98. The lowest BCUT2D eigenvalue weighted by Gasteiger charge is -2.25. The van der Waals surface area contributed by atoms with Gasteiger partial charge in [0, 0.05) is 41.8 Å². The Hall–Kier alpha value is -4.20. The molecule has 170 valence electrons. The second-order valence-corrected chi connectivity index (χ2v) is 8.62. The van der Waals surface area contributed by atoms with Gasteiger partial charge in [-0.2, -0.15) is 0 Å². The van der Waals surface area contributed by atoms with Gasteiger partial charge in [-0.1, -0.05) is 0 Å². The van der Waals surface area contributed by atoms with Crippen molar-refractivity contribution in [2.24, 2.45) is 0 Å². The zero-order valence-electron chi connectivity index (χ0n) is 18.7. The second-order valence-electron chi connectivity index (χ2n) is 8.62. The van der Waals surface area contributed by atoms with Crippen LogP contribution in [0.5, 0.6) is 17.2 Å². The molecule has 0 aliphatic carbocycles. The molecule has 2 N–H and O–H groups in total. The van der Waals surface area contributed by atoms with Crippen LogP contribution in [-0.2, 0) is 17.6 Å². The van der Waals surface area contributed by atoms with Gasteiger partial charge in [0.25, 0.3) is 0 Å². The summed E-state index contributed by atoms with van der Waals surface area (Å²) in [5, 5.41) is 2.81. The Morgan fingerprint density at radius 2 is 2.00 bits per heavy atom. The van der Waals surface area contributed by atoms with Crippen molar-refractivity contribution < 1.29 is 14.3 Å². The molecule has 0 spiro atoms. The molecule has 1 atom stereocenters. The van der Waals surface area contributed by atoms with Crippen LogP contribution in [0.25, 0.3) is 11.3 Å². The van der Waals surface area contributed by atoms with E-state index in [0.29, 0.717) is 31.0 Å². The SMILES string of the molecule is Cc1cc(-c2c[nH]c([C@H]3COc4ccc(Oc5ccnc6c5CCC(=O)N6)cc4C3)n2)ccn1.